The number of benzene rings is 1. The van der Waals surface area contributed by atoms with Crippen molar-refractivity contribution in [1.82, 2.24) is 4.90 Å². The van der Waals surface area contributed by atoms with Crippen LogP contribution in [0.3, 0.4) is 0 Å². The molecule has 0 heterocycles. The lowest BCUT2D eigenvalue weighted by Crippen LogP contribution is -2.33. The minimum absolute atomic E-state index is 0.00843. The molecule has 1 rings (SSSR count). The summed E-state index contributed by atoms with van der Waals surface area (Å²) in [4.78, 5) is 13.6. The summed E-state index contributed by atoms with van der Waals surface area (Å²) in [7, 11) is 1.56. The monoisotopic (exact) mass is 297 g/mol. The summed E-state index contributed by atoms with van der Waals surface area (Å²) >= 11 is 6.04. The molecule has 0 fully saturated rings. The number of ether oxygens (including phenoxy) is 1. The molecule has 1 aromatic rings. The van der Waals surface area contributed by atoms with Gasteiger partial charge in [0.1, 0.15) is 5.75 Å². The Hall–Kier alpha value is -1.52. The third kappa shape index (κ3) is 4.87. The molecule has 0 aromatic heterocycles. The Morgan fingerprint density at radius 1 is 1.55 bits per heavy atom. The number of carbonyl (C=O) groups is 1. The molecule has 0 saturated carbocycles. The molecule has 20 heavy (non-hydrogen) atoms. The highest BCUT2D eigenvalue weighted by atomic mass is 35.5. The van der Waals surface area contributed by atoms with Crippen molar-refractivity contribution in [3.8, 4) is 5.75 Å². The van der Waals surface area contributed by atoms with Gasteiger partial charge < -0.3 is 14.7 Å². The number of carbonyl (C=O) groups excluding carboxylic acids is 1. The van der Waals surface area contributed by atoms with Crippen molar-refractivity contribution in [2.45, 2.75) is 12.8 Å². The maximum absolute atomic E-state index is 12.0. The molecule has 0 atom stereocenters. The van der Waals surface area contributed by atoms with Crippen molar-refractivity contribution in [2.24, 2.45) is 0 Å². The normalized spacial score (nSPS) is 10.2. The molecule has 0 unspecified atom stereocenters. The van der Waals surface area contributed by atoms with Gasteiger partial charge in [0.25, 0.3) is 0 Å². The Balaban J connectivity index is 2.59. The highest BCUT2D eigenvalue weighted by Gasteiger charge is 2.12. The SMILES string of the molecule is C=CCN(CCO)C(=O)CCc1ccc(OC)c(Cl)c1. The van der Waals surface area contributed by atoms with Crippen LogP contribution in [0.2, 0.25) is 5.02 Å². The molecule has 110 valence electrons. The van der Waals surface area contributed by atoms with Crippen molar-refractivity contribution < 1.29 is 14.6 Å². The van der Waals surface area contributed by atoms with Crippen LogP contribution in [0.25, 0.3) is 0 Å². The van der Waals surface area contributed by atoms with Crippen LogP contribution in [0.5, 0.6) is 5.75 Å². The number of hydrogen-bond acceptors (Lipinski definition) is 3. The second-order valence-corrected chi connectivity index (χ2v) is 4.73. The Kier molecular flexibility index (Phi) is 7.12. The first kappa shape index (κ1) is 16.5. The van der Waals surface area contributed by atoms with E-state index in [-0.39, 0.29) is 12.5 Å². The van der Waals surface area contributed by atoms with E-state index in [0.29, 0.717) is 36.7 Å². The van der Waals surface area contributed by atoms with Crippen LogP contribution in [0, 0.1) is 0 Å². The van der Waals surface area contributed by atoms with Crippen LogP contribution in [0.1, 0.15) is 12.0 Å². The molecule has 1 amide bonds. The van der Waals surface area contributed by atoms with Crippen molar-refractivity contribution in [2.75, 3.05) is 26.8 Å². The lowest BCUT2D eigenvalue weighted by atomic mass is 10.1. The lowest BCUT2D eigenvalue weighted by molar-refractivity contribution is -0.131. The summed E-state index contributed by atoms with van der Waals surface area (Å²) in [5, 5.41) is 9.47. The van der Waals surface area contributed by atoms with Gasteiger partial charge in [-0.1, -0.05) is 23.7 Å². The number of aliphatic hydroxyl groups is 1. The number of hydrogen-bond donors (Lipinski definition) is 1. The second-order valence-electron chi connectivity index (χ2n) is 4.32. The van der Waals surface area contributed by atoms with E-state index < -0.39 is 0 Å². The van der Waals surface area contributed by atoms with Gasteiger partial charge in [-0.15, -0.1) is 6.58 Å². The molecular weight excluding hydrogens is 278 g/mol. The van der Waals surface area contributed by atoms with E-state index in [0.717, 1.165) is 5.56 Å². The van der Waals surface area contributed by atoms with Gasteiger partial charge in [-0.25, -0.2) is 0 Å². The molecule has 4 nitrogen and oxygen atoms in total. The number of rotatable bonds is 8. The summed E-state index contributed by atoms with van der Waals surface area (Å²) < 4.78 is 5.08. The van der Waals surface area contributed by atoms with Crippen molar-refractivity contribution in [3.05, 3.63) is 41.4 Å². The predicted octanol–water partition coefficient (Wildman–Crippen LogP) is 2.29. The molecule has 5 heteroatoms. The molecule has 0 saturated heterocycles. The second kappa shape index (κ2) is 8.61. The minimum Gasteiger partial charge on any atom is -0.495 e. The Labute approximate surface area is 124 Å². The fourth-order valence-corrected chi connectivity index (χ4v) is 2.15. The molecule has 1 aromatic carbocycles. The number of methoxy groups -OCH3 is 1. The van der Waals surface area contributed by atoms with Crippen LogP contribution in [0.4, 0.5) is 0 Å². The largest absolute Gasteiger partial charge is 0.495 e. The maximum atomic E-state index is 12.0. The minimum atomic E-state index is -0.0477. The fourth-order valence-electron chi connectivity index (χ4n) is 1.87. The van der Waals surface area contributed by atoms with Gasteiger partial charge in [-0.2, -0.15) is 0 Å². The molecule has 0 aliphatic rings. The highest BCUT2D eigenvalue weighted by molar-refractivity contribution is 6.32. The van der Waals surface area contributed by atoms with Crippen LogP contribution in [-0.4, -0.2) is 42.7 Å². The molecule has 1 N–H and O–H groups in total. The number of aliphatic hydroxyl groups excluding tert-OH is 1. The van der Waals surface area contributed by atoms with Gasteiger partial charge in [0.05, 0.1) is 18.7 Å². The van der Waals surface area contributed by atoms with E-state index in [1.807, 2.05) is 6.07 Å². The van der Waals surface area contributed by atoms with Gasteiger partial charge >= 0.3 is 0 Å². The van der Waals surface area contributed by atoms with Crippen LogP contribution >= 0.6 is 11.6 Å². The molecular formula is C15H20ClNO3. The summed E-state index contributed by atoms with van der Waals surface area (Å²) in [6, 6.07) is 5.48. The first-order valence-corrected chi connectivity index (χ1v) is 6.82. The standard InChI is InChI=1S/C15H20ClNO3/c1-3-8-17(9-10-18)15(19)7-5-12-4-6-14(20-2)13(16)11-12/h3-4,6,11,18H,1,5,7-10H2,2H3. The van der Waals surface area contributed by atoms with Crippen molar-refractivity contribution in [3.63, 3.8) is 0 Å². The molecule has 0 bridgehead atoms. The van der Waals surface area contributed by atoms with Gasteiger partial charge in [0, 0.05) is 19.5 Å². The molecule has 0 spiro atoms. The third-order valence-electron chi connectivity index (χ3n) is 2.92. The molecule has 0 aliphatic carbocycles. The van der Waals surface area contributed by atoms with Gasteiger partial charge in [-0.3, -0.25) is 4.79 Å². The Morgan fingerprint density at radius 2 is 2.30 bits per heavy atom. The van der Waals surface area contributed by atoms with E-state index in [4.69, 9.17) is 21.4 Å². The fraction of sp³-hybridized carbons (Fsp3) is 0.400. The quantitative estimate of drug-likeness (QED) is 0.749. The van der Waals surface area contributed by atoms with E-state index >= 15 is 0 Å². The maximum Gasteiger partial charge on any atom is 0.223 e. The zero-order chi connectivity index (χ0) is 15.0. The first-order valence-electron chi connectivity index (χ1n) is 6.44. The zero-order valence-corrected chi connectivity index (χ0v) is 12.4. The number of halogens is 1. The molecule has 0 radical (unpaired) electrons. The number of nitrogens with zero attached hydrogens (tertiary/aromatic N) is 1. The van der Waals surface area contributed by atoms with Crippen molar-refractivity contribution >= 4 is 17.5 Å². The predicted molar refractivity (Wildman–Crippen MR) is 80.2 cm³/mol. The van der Waals surface area contributed by atoms with Crippen molar-refractivity contribution in [1.29, 1.82) is 0 Å². The smallest absolute Gasteiger partial charge is 0.223 e. The van der Waals surface area contributed by atoms with Gasteiger partial charge in [-0.05, 0) is 24.1 Å². The summed E-state index contributed by atoms with van der Waals surface area (Å²) in [6.07, 6.45) is 2.62. The summed E-state index contributed by atoms with van der Waals surface area (Å²) in [5.41, 5.74) is 0.978. The van der Waals surface area contributed by atoms with Crippen LogP contribution in [0.15, 0.2) is 30.9 Å². The molecule has 0 aliphatic heterocycles. The average molecular weight is 298 g/mol. The third-order valence-corrected chi connectivity index (χ3v) is 3.21. The van der Waals surface area contributed by atoms with Crippen LogP contribution in [-0.2, 0) is 11.2 Å². The van der Waals surface area contributed by atoms with E-state index in [2.05, 4.69) is 6.58 Å². The first-order chi connectivity index (χ1) is 9.62. The van der Waals surface area contributed by atoms with E-state index in [1.165, 1.54) is 0 Å². The lowest BCUT2D eigenvalue weighted by Gasteiger charge is -2.20. The Morgan fingerprint density at radius 3 is 2.85 bits per heavy atom. The van der Waals surface area contributed by atoms with Gasteiger partial charge in [0.15, 0.2) is 0 Å². The van der Waals surface area contributed by atoms with Gasteiger partial charge in [0.2, 0.25) is 5.91 Å². The highest BCUT2D eigenvalue weighted by Crippen LogP contribution is 2.25. The van der Waals surface area contributed by atoms with Crippen LogP contribution < -0.4 is 4.74 Å². The van der Waals surface area contributed by atoms with E-state index in [1.54, 1.807) is 30.2 Å². The average Bonchev–Trinajstić information content (AvgIpc) is 2.44. The number of amides is 1. The summed E-state index contributed by atoms with van der Waals surface area (Å²) in [6.45, 7) is 4.33. The topological polar surface area (TPSA) is 49.8 Å². The summed E-state index contributed by atoms with van der Waals surface area (Å²) in [5.74, 6) is 0.612. The van der Waals surface area contributed by atoms with E-state index in [9.17, 15) is 4.79 Å². The Bertz CT molecular complexity index is 462. The number of aryl methyl sites for hydroxylation is 1. The zero-order valence-electron chi connectivity index (χ0n) is 11.6.